The number of hydrogen-bond donors (Lipinski definition) is 0. The van der Waals surface area contributed by atoms with Crippen molar-refractivity contribution in [2.75, 3.05) is 0 Å². The van der Waals surface area contributed by atoms with Gasteiger partial charge in [0.2, 0.25) is 0 Å². The van der Waals surface area contributed by atoms with Gasteiger partial charge in [-0.25, -0.2) is 0 Å². The highest BCUT2D eigenvalue weighted by Gasteiger charge is 2.30. The summed E-state index contributed by atoms with van der Waals surface area (Å²) in [4.78, 5) is 0. The van der Waals surface area contributed by atoms with E-state index in [1.54, 1.807) is 17.6 Å². The van der Waals surface area contributed by atoms with Gasteiger partial charge in [0.15, 0.2) is 0 Å². The number of rotatable bonds is 2. The summed E-state index contributed by atoms with van der Waals surface area (Å²) in [6, 6.07) is 9.02. The Bertz CT molecular complexity index is 587. The smallest absolute Gasteiger partial charge is 0.0652 e. The highest BCUT2D eigenvalue weighted by atomic mass is 127. The van der Waals surface area contributed by atoms with Gasteiger partial charge in [0.05, 0.1) is 16.1 Å². The van der Waals surface area contributed by atoms with Crippen molar-refractivity contribution >= 4 is 61.3 Å². The average molecular weight is 552 g/mol. The number of halogens is 2. The van der Waals surface area contributed by atoms with Crippen LogP contribution in [0.2, 0.25) is 39.3 Å². The quantitative estimate of drug-likeness (QED) is 0.276. The monoisotopic (exact) mass is 552 g/mol. The molecule has 1 aromatic rings. The van der Waals surface area contributed by atoms with Gasteiger partial charge in [-0.1, -0.05) is 109 Å². The van der Waals surface area contributed by atoms with Crippen molar-refractivity contribution in [2.45, 2.75) is 52.1 Å². The molecule has 0 radical (unpaired) electrons. The summed E-state index contributed by atoms with van der Waals surface area (Å²) in [5.74, 6) is 0. The highest BCUT2D eigenvalue weighted by molar-refractivity contribution is 14.1. The molecule has 0 saturated carbocycles. The molecule has 0 spiro atoms. The summed E-state index contributed by atoms with van der Waals surface area (Å²) in [7, 11) is -2.54. The fraction of sp³-hybridized carbons (Fsp3) is 0.444. The Hall–Kier alpha value is 0.594. The van der Waals surface area contributed by atoms with Gasteiger partial charge in [-0.3, -0.25) is 0 Å². The third-order valence-electron chi connectivity index (χ3n) is 4.06. The third kappa shape index (κ3) is 4.16. The summed E-state index contributed by atoms with van der Waals surface area (Å²) in [6.07, 6.45) is 2.26. The molecule has 22 heavy (non-hydrogen) atoms. The predicted molar refractivity (Wildman–Crippen MR) is 123 cm³/mol. The van der Waals surface area contributed by atoms with Crippen LogP contribution in [0.1, 0.15) is 11.1 Å². The number of benzene rings is 1. The van der Waals surface area contributed by atoms with E-state index in [1.807, 2.05) is 0 Å². The minimum absolute atomic E-state index is 1.13. The van der Waals surface area contributed by atoms with Gasteiger partial charge in [-0.2, -0.15) is 0 Å². The van der Waals surface area contributed by atoms with Crippen molar-refractivity contribution in [2.24, 2.45) is 0 Å². The number of fused-ring (bicyclic) bond motifs is 1. The van der Waals surface area contributed by atoms with Crippen LogP contribution in [0.25, 0.3) is 0 Å². The summed E-state index contributed by atoms with van der Waals surface area (Å²) in [5, 5.41) is 0. The van der Waals surface area contributed by atoms with Gasteiger partial charge < -0.3 is 0 Å². The molecule has 120 valence electrons. The normalized spacial score (nSPS) is 20.5. The van der Waals surface area contributed by atoms with Crippen LogP contribution in [0.3, 0.4) is 0 Å². The molecule has 0 nitrogen and oxygen atoms in total. The van der Waals surface area contributed by atoms with Gasteiger partial charge in [0.1, 0.15) is 0 Å². The van der Waals surface area contributed by atoms with Crippen molar-refractivity contribution in [1.29, 1.82) is 0 Å². The molecule has 0 fully saturated rings. The largest absolute Gasteiger partial charge is 0.0858 e. The molecule has 0 N–H and O–H groups in total. The Morgan fingerprint density at radius 1 is 0.727 bits per heavy atom. The summed E-state index contributed by atoms with van der Waals surface area (Å²) in [6.45, 7) is 14.8. The second kappa shape index (κ2) is 6.84. The standard InChI is InChI=1S/C18H26I2Si2/c1-21(2,3)17(19)15-11-13-9-7-8-10-14(13)12-16(15)18(20)22(4,5)6/h7-10H,11-12H2,1-6H3. The fourth-order valence-corrected chi connectivity index (χ4v) is 6.14. The Balaban J connectivity index is 2.69. The molecule has 1 aromatic carbocycles. The molecule has 1 aliphatic carbocycles. The predicted octanol–water partition coefficient (Wildman–Crippen LogP) is 6.92. The van der Waals surface area contributed by atoms with E-state index in [1.165, 1.54) is 11.1 Å². The lowest BCUT2D eigenvalue weighted by Crippen LogP contribution is -2.28. The number of allylic oxidation sites excluding steroid dienone is 2. The molecule has 0 bridgehead atoms. The van der Waals surface area contributed by atoms with Crippen LogP contribution in [-0.2, 0) is 12.8 Å². The molecular formula is C18H26I2Si2. The first-order valence-electron chi connectivity index (χ1n) is 7.87. The van der Waals surface area contributed by atoms with Gasteiger partial charge >= 0.3 is 0 Å². The van der Waals surface area contributed by atoms with Crippen LogP contribution in [0.15, 0.2) is 41.8 Å². The zero-order chi connectivity index (χ0) is 16.7. The van der Waals surface area contributed by atoms with Crippen molar-refractivity contribution < 1.29 is 0 Å². The van der Waals surface area contributed by atoms with Crippen LogP contribution < -0.4 is 0 Å². The lowest BCUT2D eigenvalue weighted by Gasteiger charge is -2.31. The van der Waals surface area contributed by atoms with Crippen molar-refractivity contribution in [1.82, 2.24) is 0 Å². The van der Waals surface area contributed by atoms with E-state index < -0.39 is 16.1 Å². The highest BCUT2D eigenvalue weighted by Crippen LogP contribution is 2.41. The Kier molecular flexibility index (Phi) is 5.88. The second-order valence-electron chi connectivity index (χ2n) is 8.21. The SMILES string of the molecule is C[Si](C)(C)C(I)=C1Cc2ccccc2CC1=C(I)[Si](C)(C)C. The van der Waals surface area contributed by atoms with Gasteiger partial charge in [-0.05, 0) is 41.5 Å². The molecular weight excluding hydrogens is 526 g/mol. The Morgan fingerprint density at radius 3 is 1.32 bits per heavy atom. The second-order valence-corrected chi connectivity index (χ2v) is 22.4. The molecule has 0 heterocycles. The van der Waals surface area contributed by atoms with E-state index >= 15 is 0 Å². The van der Waals surface area contributed by atoms with Gasteiger partial charge in [-0.15, -0.1) is 0 Å². The maximum atomic E-state index is 2.66. The number of hydrogen-bond acceptors (Lipinski definition) is 0. The molecule has 0 atom stereocenters. The minimum atomic E-state index is -1.27. The van der Waals surface area contributed by atoms with Gasteiger partial charge in [0.25, 0.3) is 0 Å². The van der Waals surface area contributed by atoms with E-state index in [-0.39, 0.29) is 0 Å². The zero-order valence-corrected chi connectivity index (χ0v) is 20.8. The summed E-state index contributed by atoms with van der Waals surface area (Å²) in [5.41, 5.74) is 6.39. The van der Waals surface area contributed by atoms with Crippen LogP contribution in [0.4, 0.5) is 0 Å². The molecule has 0 aromatic heterocycles. The molecule has 1 aliphatic rings. The molecule has 0 aliphatic heterocycles. The molecule has 2 rings (SSSR count). The molecule has 0 saturated heterocycles. The van der Waals surface area contributed by atoms with Crippen LogP contribution >= 0.6 is 45.2 Å². The zero-order valence-electron chi connectivity index (χ0n) is 14.5. The lowest BCUT2D eigenvalue weighted by atomic mass is 9.86. The average Bonchev–Trinajstić information content (AvgIpc) is 2.42. The lowest BCUT2D eigenvalue weighted by molar-refractivity contribution is 0.984. The van der Waals surface area contributed by atoms with E-state index in [2.05, 4.69) is 109 Å². The van der Waals surface area contributed by atoms with Crippen molar-refractivity contribution in [3.05, 3.63) is 52.9 Å². The van der Waals surface area contributed by atoms with E-state index in [4.69, 9.17) is 0 Å². The molecule has 0 unspecified atom stereocenters. The van der Waals surface area contributed by atoms with Crippen molar-refractivity contribution in [3.8, 4) is 0 Å². The fourth-order valence-electron chi connectivity index (χ4n) is 2.82. The van der Waals surface area contributed by atoms with Gasteiger partial charge in [0, 0.05) is 0 Å². The first-order chi connectivity index (χ1) is 10.0. The van der Waals surface area contributed by atoms with Crippen LogP contribution in [0, 0.1) is 0 Å². The maximum absolute atomic E-state index is 2.66. The first-order valence-corrected chi connectivity index (χ1v) is 17.0. The van der Waals surface area contributed by atoms with Crippen LogP contribution in [-0.4, -0.2) is 16.1 Å². The van der Waals surface area contributed by atoms with Crippen molar-refractivity contribution in [3.63, 3.8) is 0 Å². The van der Waals surface area contributed by atoms with E-state index in [0.717, 1.165) is 12.8 Å². The van der Waals surface area contributed by atoms with Crippen LogP contribution in [0.5, 0.6) is 0 Å². The Labute approximate surface area is 165 Å². The molecule has 0 amide bonds. The Morgan fingerprint density at radius 2 is 1.05 bits per heavy atom. The molecule has 4 heteroatoms. The third-order valence-corrected chi connectivity index (χ3v) is 18.3. The summed E-state index contributed by atoms with van der Waals surface area (Å²) >= 11 is 5.32. The minimum Gasteiger partial charge on any atom is -0.0652 e. The van der Waals surface area contributed by atoms with E-state index in [9.17, 15) is 0 Å². The topological polar surface area (TPSA) is 0 Å². The first kappa shape index (κ1) is 18.9. The summed E-state index contributed by atoms with van der Waals surface area (Å²) < 4.78 is 3.34. The van der Waals surface area contributed by atoms with E-state index in [0.29, 0.717) is 0 Å². The maximum Gasteiger partial charge on any atom is 0.0858 e.